The number of anilines is 1. The molecule has 0 spiro atoms. The van der Waals surface area contributed by atoms with Crippen LogP contribution in [0.25, 0.3) is 0 Å². The van der Waals surface area contributed by atoms with E-state index in [1.165, 1.54) is 0 Å². The number of nitrogens with one attached hydrogen (secondary N) is 3. The van der Waals surface area contributed by atoms with Crippen LogP contribution < -0.4 is 20.7 Å². The zero-order valence-corrected chi connectivity index (χ0v) is 20.0. The Morgan fingerprint density at radius 1 is 1.14 bits per heavy atom. The van der Waals surface area contributed by atoms with Crippen molar-refractivity contribution in [2.45, 2.75) is 34.1 Å². The zero-order chi connectivity index (χ0) is 20.1. The third kappa shape index (κ3) is 10.1. The second-order valence-electron chi connectivity index (χ2n) is 6.79. The standard InChI is InChI=1S/C20H34N4O3.HI/c1-6-21-18(25)20(3,4)15-23-19(22-7-2)24-16-10-8-11-17(14-16)27-13-9-12-26-5;/h8,10-11,14H,6-7,9,12-13,15H2,1-5H3,(H,21,25)(H2,22,23,24);1H. The van der Waals surface area contributed by atoms with Crippen molar-refractivity contribution >= 4 is 41.5 Å². The van der Waals surface area contributed by atoms with Gasteiger partial charge in [0.15, 0.2) is 5.96 Å². The number of nitrogens with zero attached hydrogens (tertiary/aromatic N) is 1. The predicted octanol–water partition coefficient (Wildman–Crippen LogP) is 3.26. The summed E-state index contributed by atoms with van der Waals surface area (Å²) in [4.78, 5) is 16.7. The van der Waals surface area contributed by atoms with Crippen molar-refractivity contribution in [3.05, 3.63) is 24.3 Å². The molecule has 1 aromatic rings. The van der Waals surface area contributed by atoms with Crippen LogP contribution in [0.1, 0.15) is 34.1 Å². The molecule has 3 N–H and O–H groups in total. The molecule has 1 rings (SSSR count). The summed E-state index contributed by atoms with van der Waals surface area (Å²) in [6, 6.07) is 7.72. The van der Waals surface area contributed by atoms with Crippen molar-refractivity contribution in [2.75, 3.05) is 45.3 Å². The minimum absolute atomic E-state index is 0. The van der Waals surface area contributed by atoms with Crippen molar-refractivity contribution in [3.8, 4) is 5.75 Å². The molecule has 0 aliphatic rings. The number of rotatable bonds is 11. The molecular formula is C20H35IN4O3. The Labute approximate surface area is 186 Å². The van der Waals surface area contributed by atoms with E-state index in [1.54, 1.807) is 7.11 Å². The van der Waals surface area contributed by atoms with Gasteiger partial charge in [0.1, 0.15) is 5.75 Å². The topological polar surface area (TPSA) is 84.0 Å². The van der Waals surface area contributed by atoms with E-state index in [1.807, 2.05) is 52.0 Å². The van der Waals surface area contributed by atoms with E-state index < -0.39 is 5.41 Å². The summed E-state index contributed by atoms with van der Waals surface area (Å²) in [6.07, 6.45) is 0.840. The van der Waals surface area contributed by atoms with E-state index in [9.17, 15) is 4.79 Å². The molecule has 1 amide bonds. The fraction of sp³-hybridized carbons (Fsp3) is 0.600. The lowest BCUT2D eigenvalue weighted by atomic mass is 9.92. The zero-order valence-electron chi connectivity index (χ0n) is 17.6. The predicted molar refractivity (Wildman–Crippen MR) is 126 cm³/mol. The Bertz CT molecular complexity index is 609. The summed E-state index contributed by atoms with van der Waals surface area (Å²) < 4.78 is 10.8. The first-order valence-electron chi connectivity index (χ1n) is 9.48. The molecule has 160 valence electrons. The average Bonchev–Trinajstić information content (AvgIpc) is 2.64. The minimum atomic E-state index is -0.579. The van der Waals surface area contributed by atoms with Crippen LogP contribution >= 0.6 is 24.0 Å². The molecule has 0 aliphatic heterocycles. The summed E-state index contributed by atoms with van der Waals surface area (Å²) in [5.41, 5.74) is 0.291. The maximum absolute atomic E-state index is 12.1. The highest BCUT2D eigenvalue weighted by Crippen LogP contribution is 2.18. The first-order chi connectivity index (χ1) is 12.9. The summed E-state index contributed by atoms with van der Waals surface area (Å²) in [5.74, 6) is 1.41. The van der Waals surface area contributed by atoms with Gasteiger partial charge in [-0.1, -0.05) is 6.07 Å². The first-order valence-corrected chi connectivity index (χ1v) is 9.48. The van der Waals surface area contributed by atoms with Gasteiger partial charge in [-0.05, 0) is 39.8 Å². The molecule has 0 fully saturated rings. The summed E-state index contributed by atoms with van der Waals surface area (Å²) in [7, 11) is 1.68. The molecule has 0 atom stereocenters. The van der Waals surface area contributed by atoms with Crippen LogP contribution in [0.2, 0.25) is 0 Å². The number of hydrogen-bond acceptors (Lipinski definition) is 4. The molecule has 0 radical (unpaired) electrons. The number of carbonyl (C=O) groups is 1. The Kier molecular flexibility index (Phi) is 13.6. The molecule has 7 nitrogen and oxygen atoms in total. The second-order valence-corrected chi connectivity index (χ2v) is 6.79. The van der Waals surface area contributed by atoms with Crippen molar-refractivity contribution in [1.82, 2.24) is 10.6 Å². The number of ether oxygens (including phenoxy) is 2. The number of guanidine groups is 1. The van der Waals surface area contributed by atoms with Gasteiger partial charge in [0, 0.05) is 45.0 Å². The SMILES string of the molecule is CCNC(=O)C(C)(C)CN=C(NCC)Nc1cccc(OCCCOC)c1.I. The number of carbonyl (C=O) groups excluding carboxylic acids is 1. The molecule has 0 bridgehead atoms. The lowest BCUT2D eigenvalue weighted by Gasteiger charge is -2.22. The van der Waals surface area contributed by atoms with Crippen LogP contribution in [0.15, 0.2) is 29.3 Å². The van der Waals surface area contributed by atoms with E-state index in [2.05, 4.69) is 20.9 Å². The number of benzene rings is 1. The van der Waals surface area contributed by atoms with Crippen LogP contribution in [-0.4, -0.2) is 51.8 Å². The van der Waals surface area contributed by atoms with E-state index in [-0.39, 0.29) is 29.9 Å². The highest BCUT2D eigenvalue weighted by Gasteiger charge is 2.26. The van der Waals surface area contributed by atoms with E-state index >= 15 is 0 Å². The monoisotopic (exact) mass is 506 g/mol. The van der Waals surface area contributed by atoms with Gasteiger partial charge in [-0.3, -0.25) is 9.79 Å². The van der Waals surface area contributed by atoms with Crippen molar-refractivity contribution in [3.63, 3.8) is 0 Å². The average molecular weight is 506 g/mol. The van der Waals surface area contributed by atoms with Crippen LogP contribution in [0.4, 0.5) is 5.69 Å². The lowest BCUT2D eigenvalue weighted by molar-refractivity contribution is -0.128. The number of amides is 1. The fourth-order valence-corrected chi connectivity index (χ4v) is 2.25. The number of aliphatic imine (C=N–C) groups is 1. The first kappa shape index (κ1) is 26.4. The molecular weight excluding hydrogens is 471 g/mol. The minimum Gasteiger partial charge on any atom is -0.493 e. The van der Waals surface area contributed by atoms with Gasteiger partial charge in [-0.2, -0.15) is 0 Å². The van der Waals surface area contributed by atoms with E-state index in [4.69, 9.17) is 9.47 Å². The summed E-state index contributed by atoms with van der Waals surface area (Å²) in [6.45, 7) is 10.7. The Hall–Kier alpha value is -1.55. The Balaban J connectivity index is 0.00000729. The highest BCUT2D eigenvalue weighted by molar-refractivity contribution is 14.0. The van der Waals surface area contributed by atoms with Crippen molar-refractivity contribution in [2.24, 2.45) is 10.4 Å². The second kappa shape index (κ2) is 14.4. The maximum Gasteiger partial charge on any atom is 0.227 e. The van der Waals surface area contributed by atoms with Gasteiger partial charge < -0.3 is 25.4 Å². The molecule has 0 saturated heterocycles. The molecule has 0 unspecified atom stereocenters. The third-order valence-corrected chi connectivity index (χ3v) is 3.79. The largest absolute Gasteiger partial charge is 0.493 e. The smallest absolute Gasteiger partial charge is 0.227 e. The van der Waals surface area contributed by atoms with Gasteiger partial charge in [0.05, 0.1) is 18.6 Å². The fourth-order valence-electron chi connectivity index (χ4n) is 2.25. The molecule has 1 aromatic carbocycles. The lowest BCUT2D eigenvalue weighted by Crippen LogP contribution is -2.40. The van der Waals surface area contributed by atoms with Gasteiger partial charge in [0.25, 0.3) is 0 Å². The Morgan fingerprint density at radius 2 is 1.86 bits per heavy atom. The van der Waals surface area contributed by atoms with E-state index in [0.717, 1.165) is 24.4 Å². The molecule has 8 heteroatoms. The number of halogens is 1. The van der Waals surface area contributed by atoms with Crippen LogP contribution in [0, 0.1) is 5.41 Å². The summed E-state index contributed by atoms with van der Waals surface area (Å²) >= 11 is 0. The normalized spacial score (nSPS) is 11.4. The van der Waals surface area contributed by atoms with Crippen LogP contribution in [0.3, 0.4) is 0 Å². The Morgan fingerprint density at radius 3 is 2.50 bits per heavy atom. The van der Waals surface area contributed by atoms with Gasteiger partial charge >= 0.3 is 0 Å². The highest BCUT2D eigenvalue weighted by atomic mass is 127. The quantitative estimate of drug-likeness (QED) is 0.186. The molecule has 0 aromatic heterocycles. The maximum atomic E-state index is 12.1. The van der Waals surface area contributed by atoms with E-state index in [0.29, 0.717) is 32.3 Å². The third-order valence-electron chi connectivity index (χ3n) is 3.79. The van der Waals surface area contributed by atoms with Crippen LogP contribution in [0.5, 0.6) is 5.75 Å². The number of methoxy groups -OCH3 is 1. The van der Waals surface area contributed by atoms with Crippen molar-refractivity contribution in [1.29, 1.82) is 0 Å². The molecule has 0 heterocycles. The molecule has 0 aliphatic carbocycles. The van der Waals surface area contributed by atoms with Gasteiger partial charge in [-0.25, -0.2) is 0 Å². The molecule has 0 saturated carbocycles. The summed E-state index contributed by atoms with van der Waals surface area (Å²) in [5, 5.41) is 9.32. The number of hydrogen-bond donors (Lipinski definition) is 3. The van der Waals surface area contributed by atoms with Crippen LogP contribution in [-0.2, 0) is 9.53 Å². The van der Waals surface area contributed by atoms with Gasteiger partial charge in [-0.15, -0.1) is 24.0 Å². The molecule has 28 heavy (non-hydrogen) atoms. The van der Waals surface area contributed by atoms with Gasteiger partial charge in [0.2, 0.25) is 5.91 Å². The van der Waals surface area contributed by atoms with Crippen molar-refractivity contribution < 1.29 is 14.3 Å².